The number of hydrogen-bond donors (Lipinski definition) is 2. The Balaban J connectivity index is 2.54. The number of aliphatic hydroxyl groups excluding tert-OH is 1. The van der Waals surface area contributed by atoms with Crippen LogP contribution in [0.2, 0.25) is 0 Å². The molecule has 0 saturated heterocycles. The maximum absolute atomic E-state index is 11.3. The summed E-state index contributed by atoms with van der Waals surface area (Å²) in [5.74, 6) is -0.505. The number of carbonyl (C=O) groups is 1. The summed E-state index contributed by atoms with van der Waals surface area (Å²) in [6.07, 6.45) is 1.82. The van der Waals surface area contributed by atoms with Crippen LogP contribution in [-0.4, -0.2) is 35.3 Å². The highest BCUT2D eigenvalue weighted by Gasteiger charge is 2.13. The van der Waals surface area contributed by atoms with Crippen molar-refractivity contribution in [3.05, 3.63) is 12.0 Å². The Morgan fingerprint density at radius 3 is 3.12 bits per heavy atom. The highest BCUT2D eigenvalue weighted by molar-refractivity contribution is 5.87. The first-order valence-corrected chi connectivity index (χ1v) is 5.17. The van der Waals surface area contributed by atoms with Gasteiger partial charge in [0.1, 0.15) is 6.26 Å². The van der Waals surface area contributed by atoms with Crippen LogP contribution in [0.4, 0.5) is 6.01 Å². The number of nitrogens with one attached hydrogen (secondary N) is 1. The lowest BCUT2D eigenvalue weighted by Gasteiger charge is -2.08. The van der Waals surface area contributed by atoms with Gasteiger partial charge in [-0.15, -0.1) is 0 Å². The summed E-state index contributed by atoms with van der Waals surface area (Å²) < 4.78 is 9.81. The van der Waals surface area contributed by atoms with Gasteiger partial charge in [0.2, 0.25) is 0 Å². The molecule has 0 bridgehead atoms. The summed E-state index contributed by atoms with van der Waals surface area (Å²) in [6.45, 7) is 3.99. The standard InChI is InChI=1S/C10H16N2O4/c1-3-15-9(14)8-6-16-10(12-8)11-7(2)4-5-13/h6-7,13H,3-5H2,1-2H3,(H,11,12). The second-order valence-corrected chi connectivity index (χ2v) is 3.32. The fourth-order valence-corrected chi connectivity index (χ4v) is 1.12. The van der Waals surface area contributed by atoms with E-state index in [0.717, 1.165) is 0 Å². The van der Waals surface area contributed by atoms with Crippen LogP contribution in [0.25, 0.3) is 0 Å². The molecule has 0 aliphatic carbocycles. The predicted octanol–water partition coefficient (Wildman–Crippen LogP) is 1.03. The number of anilines is 1. The van der Waals surface area contributed by atoms with Crippen molar-refractivity contribution in [3.63, 3.8) is 0 Å². The van der Waals surface area contributed by atoms with Crippen LogP contribution < -0.4 is 5.32 Å². The van der Waals surface area contributed by atoms with E-state index in [0.29, 0.717) is 13.0 Å². The number of oxazole rings is 1. The Hall–Kier alpha value is -1.56. The minimum absolute atomic E-state index is 0.0266. The highest BCUT2D eigenvalue weighted by Crippen LogP contribution is 2.10. The monoisotopic (exact) mass is 228 g/mol. The topological polar surface area (TPSA) is 84.6 Å². The molecule has 6 nitrogen and oxygen atoms in total. The molecule has 0 saturated carbocycles. The van der Waals surface area contributed by atoms with Gasteiger partial charge in [-0.05, 0) is 20.3 Å². The summed E-state index contributed by atoms with van der Waals surface area (Å²) in [6, 6.07) is 0.280. The lowest BCUT2D eigenvalue weighted by atomic mass is 10.2. The molecule has 90 valence electrons. The molecule has 0 aliphatic rings. The quantitative estimate of drug-likeness (QED) is 0.707. The lowest BCUT2D eigenvalue weighted by Crippen LogP contribution is -2.16. The number of nitrogens with zero attached hydrogens (tertiary/aromatic N) is 1. The van der Waals surface area contributed by atoms with Crippen LogP contribution in [0.15, 0.2) is 10.7 Å². The maximum Gasteiger partial charge on any atom is 0.360 e. The van der Waals surface area contributed by atoms with Crippen molar-refractivity contribution < 1.29 is 19.1 Å². The molecule has 0 amide bonds. The zero-order valence-corrected chi connectivity index (χ0v) is 9.40. The van der Waals surface area contributed by atoms with E-state index in [9.17, 15) is 4.79 Å². The molecular weight excluding hydrogens is 212 g/mol. The van der Waals surface area contributed by atoms with Gasteiger partial charge in [-0.3, -0.25) is 0 Å². The predicted molar refractivity (Wildman–Crippen MR) is 57.2 cm³/mol. The first kappa shape index (κ1) is 12.5. The molecule has 0 fully saturated rings. The summed E-state index contributed by atoms with van der Waals surface area (Å²) in [5, 5.41) is 11.6. The van der Waals surface area contributed by atoms with E-state index in [1.807, 2.05) is 6.92 Å². The second kappa shape index (κ2) is 6.12. The van der Waals surface area contributed by atoms with Gasteiger partial charge in [-0.1, -0.05) is 0 Å². The molecule has 0 radical (unpaired) electrons. The molecule has 1 rings (SSSR count). The summed E-state index contributed by atoms with van der Waals surface area (Å²) >= 11 is 0. The first-order chi connectivity index (χ1) is 7.67. The van der Waals surface area contributed by atoms with Gasteiger partial charge in [0.15, 0.2) is 5.69 Å². The van der Waals surface area contributed by atoms with Crippen LogP contribution in [0.1, 0.15) is 30.8 Å². The number of rotatable bonds is 6. The Morgan fingerprint density at radius 1 is 1.75 bits per heavy atom. The third-order valence-corrected chi connectivity index (χ3v) is 1.92. The van der Waals surface area contributed by atoms with Crippen LogP contribution in [0.3, 0.4) is 0 Å². The van der Waals surface area contributed by atoms with E-state index in [1.165, 1.54) is 6.26 Å². The molecule has 1 atom stereocenters. The third kappa shape index (κ3) is 3.54. The SMILES string of the molecule is CCOC(=O)c1coc(NC(C)CCO)n1. The molecule has 1 unspecified atom stereocenters. The Morgan fingerprint density at radius 2 is 2.50 bits per heavy atom. The summed E-state index contributed by atoms with van der Waals surface area (Å²) in [4.78, 5) is 15.2. The average molecular weight is 228 g/mol. The number of carbonyl (C=O) groups excluding carboxylic acids is 1. The molecule has 6 heteroatoms. The summed E-state index contributed by atoms with van der Waals surface area (Å²) in [5.41, 5.74) is 0.139. The largest absolute Gasteiger partial charge is 0.461 e. The van der Waals surface area contributed by atoms with E-state index in [4.69, 9.17) is 14.3 Å². The number of hydrogen-bond acceptors (Lipinski definition) is 6. The van der Waals surface area contributed by atoms with Crippen molar-refractivity contribution in [1.82, 2.24) is 4.98 Å². The molecule has 1 aromatic rings. The van der Waals surface area contributed by atoms with Crippen molar-refractivity contribution in [3.8, 4) is 0 Å². The van der Waals surface area contributed by atoms with Crippen molar-refractivity contribution in [2.45, 2.75) is 26.3 Å². The third-order valence-electron chi connectivity index (χ3n) is 1.92. The van der Waals surface area contributed by atoms with Gasteiger partial charge >= 0.3 is 5.97 Å². The van der Waals surface area contributed by atoms with E-state index in [-0.39, 0.29) is 24.4 Å². The molecule has 16 heavy (non-hydrogen) atoms. The smallest absolute Gasteiger partial charge is 0.360 e. The van der Waals surface area contributed by atoms with Crippen molar-refractivity contribution in [2.24, 2.45) is 0 Å². The zero-order valence-electron chi connectivity index (χ0n) is 9.40. The van der Waals surface area contributed by atoms with Gasteiger partial charge in [0, 0.05) is 12.6 Å². The Labute approximate surface area is 93.6 Å². The zero-order chi connectivity index (χ0) is 12.0. The average Bonchev–Trinajstić information content (AvgIpc) is 2.67. The number of aliphatic hydroxyl groups is 1. The number of esters is 1. The minimum atomic E-state index is -0.505. The van der Waals surface area contributed by atoms with E-state index < -0.39 is 5.97 Å². The fourth-order valence-electron chi connectivity index (χ4n) is 1.12. The summed E-state index contributed by atoms with van der Waals surface area (Å²) in [7, 11) is 0. The maximum atomic E-state index is 11.3. The van der Waals surface area contributed by atoms with Crippen LogP contribution >= 0.6 is 0 Å². The molecule has 0 spiro atoms. The van der Waals surface area contributed by atoms with Gasteiger partial charge in [0.05, 0.1) is 6.61 Å². The van der Waals surface area contributed by atoms with Gasteiger partial charge in [0.25, 0.3) is 6.01 Å². The van der Waals surface area contributed by atoms with Crippen molar-refractivity contribution in [1.29, 1.82) is 0 Å². The van der Waals surface area contributed by atoms with Crippen LogP contribution in [-0.2, 0) is 4.74 Å². The van der Waals surface area contributed by atoms with Crippen LogP contribution in [0, 0.1) is 0 Å². The second-order valence-electron chi connectivity index (χ2n) is 3.32. The van der Waals surface area contributed by atoms with E-state index in [2.05, 4.69) is 10.3 Å². The molecular formula is C10H16N2O4. The van der Waals surface area contributed by atoms with Gasteiger partial charge in [-0.2, -0.15) is 4.98 Å². The molecule has 1 aromatic heterocycles. The van der Waals surface area contributed by atoms with Crippen molar-refractivity contribution >= 4 is 12.0 Å². The fraction of sp³-hybridized carbons (Fsp3) is 0.600. The van der Waals surface area contributed by atoms with Gasteiger partial charge in [-0.25, -0.2) is 4.79 Å². The minimum Gasteiger partial charge on any atom is -0.461 e. The van der Waals surface area contributed by atoms with Gasteiger partial charge < -0.3 is 19.6 Å². The number of ether oxygens (including phenoxy) is 1. The Bertz CT molecular complexity index is 337. The molecule has 0 aliphatic heterocycles. The molecule has 0 aromatic carbocycles. The number of aromatic nitrogens is 1. The molecule has 1 heterocycles. The molecule has 2 N–H and O–H groups in total. The highest BCUT2D eigenvalue weighted by atomic mass is 16.5. The first-order valence-electron chi connectivity index (χ1n) is 5.17. The Kier molecular flexibility index (Phi) is 4.78. The lowest BCUT2D eigenvalue weighted by molar-refractivity contribution is 0.0519. The van der Waals surface area contributed by atoms with Crippen LogP contribution in [0.5, 0.6) is 0 Å². The van der Waals surface area contributed by atoms with E-state index >= 15 is 0 Å². The van der Waals surface area contributed by atoms with Crippen molar-refractivity contribution in [2.75, 3.05) is 18.5 Å². The normalized spacial score (nSPS) is 12.2. The van der Waals surface area contributed by atoms with E-state index in [1.54, 1.807) is 6.92 Å².